The first-order valence-corrected chi connectivity index (χ1v) is 4.33. The number of benzene rings is 1. The maximum absolute atomic E-state index is 3.99. The smallest absolute Gasteiger partial charge is 0.139 e. The summed E-state index contributed by atoms with van der Waals surface area (Å²) in [4.78, 5) is 3.99. The van der Waals surface area contributed by atoms with Gasteiger partial charge < -0.3 is 0 Å². The van der Waals surface area contributed by atoms with Gasteiger partial charge in [0.1, 0.15) is 7.85 Å². The van der Waals surface area contributed by atoms with Crippen molar-refractivity contribution in [1.29, 1.82) is 0 Å². The number of hydrogen-bond donors (Lipinski definition) is 0. The van der Waals surface area contributed by atoms with Gasteiger partial charge in [0.05, 0.1) is 0 Å². The van der Waals surface area contributed by atoms with Crippen LogP contribution in [0.15, 0.2) is 48.8 Å². The molecule has 0 saturated heterocycles. The molecule has 0 unspecified atom stereocenters. The van der Waals surface area contributed by atoms with Gasteiger partial charge in [0.2, 0.25) is 0 Å². The third-order valence-corrected chi connectivity index (χ3v) is 2.07. The van der Waals surface area contributed by atoms with Crippen molar-refractivity contribution >= 4 is 13.3 Å². The fourth-order valence-corrected chi connectivity index (χ4v) is 1.29. The maximum atomic E-state index is 3.99. The molecule has 2 aromatic rings. The molecule has 62 valence electrons. The van der Waals surface area contributed by atoms with Crippen molar-refractivity contribution in [1.82, 2.24) is 4.98 Å². The minimum atomic E-state index is 1.22. The zero-order chi connectivity index (χ0) is 9.10. The van der Waals surface area contributed by atoms with Crippen LogP contribution in [0.1, 0.15) is 0 Å². The van der Waals surface area contributed by atoms with Crippen LogP contribution in [0.25, 0.3) is 11.1 Å². The first kappa shape index (κ1) is 8.05. The lowest BCUT2D eigenvalue weighted by Crippen LogP contribution is -1.98. The van der Waals surface area contributed by atoms with Crippen LogP contribution < -0.4 is 5.46 Å². The average molecular weight is 167 g/mol. The number of aromatic nitrogens is 1. The van der Waals surface area contributed by atoms with Gasteiger partial charge >= 0.3 is 0 Å². The Morgan fingerprint density at radius 3 is 1.92 bits per heavy atom. The zero-order valence-corrected chi connectivity index (χ0v) is 7.57. The highest BCUT2D eigenvalue weighted by Crippen LogP contribution is 2.15. The second kappa shape index (κ2) is 3.44. The molecular formula is C11H10BN. The Morgan fingerprint density at radius 2 is 1.31 bits per heavy atom. The molecule has 0 amide bonds. The van der Waals surface area contributed by atoms with E-state index in [1.807, 2.05) is 24.5 Å². The topological polar surface area (TPSA) is 12.9 Å². The van der Waals surface area contributed by atoms with Gasteiger partial charge in [-0.05, 0) is 23.3 Å². The Morgan fingerprint density at radius 1 is 0.769 bits per heavy atom. The summed E-state index contributed by atoms with van der Waals surface area (Å²) < 4.78 is 0. The fraction of sp³-hybridized carbons (Fsp3) is 0. The van der Waals surface area contributed by atoms with E-state index in [9.17, 15) is 0 Å². The van der Waals surface area contributed by atoms with E-state index in [1.165, 1.54) is 16.6 Å². The van der Waals surface area contributed by atoms with Crippen molar-refractivity contribution in [2.24, 2.45) is 0 Å². The predicted octanol–water partition coefficient (Wildman–Crippen LogP) is 1.01. The third kappa shape index (κ3) is 1.78. The molecule has 13 heavy (non-hydrogen) atoms. The lowest BCUT2D eigenvalue weighted by molar-refractivity contribution is 1.33. The Labute approximate surface area is 78.9 Å². The lowest BCUT2D eigenvalue weighted by Gasteiger charge is -2.00. The minimum Gasteiger partial charge on any atom is -0.265 e. The molecule has 1 aromatic heterocycles. The minimum absolute atomic E-state index is 1.22. The van der Waals surface area contributed by atoms with E-state index in [0.717, 1.165) is 0 Å². The highest BCUT2D eigenvalue weighted by molar-refractivity contribution is 6.32. The van der Waals surface area contributed by atoms with E-state index in [2.05, 4.69) is 37.1 Å². The fourth-order valence-electron chi connectivity index (χ4n) is 1.29. The molecule has 0 atom stereocenters. The van der Waals surface area contributed by atoms with Gasteiger partial charge in [-0.1, -0.05) is 29.7 Å². The van der Waals surface area contributed by atoms with Gasteiger partial charge in [0.25, 0.3) is 0 Å². The second-order valence-electron chi connectivity index (χ2n) is 3.10. The number of nitrogens with zero attached hydrogens (tertiary/aromatic N) is 1. The summed E-state index contributed by atoms with van der Waals surface area (Å²) in [5, 5.41) is 0. The maximum Gasteiger partial charge on any atom is 0.139 e. The molecule has 0 bridgehead atoms. The van der Waals surface area contributed by atoms with Crippen molar-refractivity contribution in [2.45, 2.75) is 0 Å². The van der Waals surface area contributed by atoms with E-state index in [0.29, 0.717) is 0 Å². The van der Waals surface area contributed by atoms with Crippen LogP contribution in [0, 0.1) is 0 Å². The van der Waals surface area contributed by atoms with Crippen molar-refractivity contribution in [3.05, 3.63) is 48.8 Å². The van der Waals surface area contributed by atoms with Gasteiger partial charge in [-0.15, -0.1) is 0 Å². The Kier molecular flexibility index (Phi) is 2.13. The predicted molar refractivity (Wildman–Crippen MR) is 57.9 cm³/mol. The van der Waals surface area contributed by atoms with Crippen molar-refractivity contribution in [2.75, 3.05) is 0 Å². The van der Waals surface area contributed by atoms with E-state index in [-0.39, 0.29) is 0 Å². The molecule has 2 rings (SSSR count). The molecule has 0 spiro atoms. The van der Waals surface area contributed by atoms with E-state index < -0.39 is 0 Å². The van der Waals surface area contributed by atoms with E-state index >= 15 is 0 Å². The highest BCUT2D eigenvalue weighted by Gasteiger charge is 1.94. The van der Waals surface area contributed by atoms with Gasteiger partial charge in [-0.3, -0.25) is 4.98 Å². The standard InChI is InChI=1S/C11H10BN/c12-11-3-1-9(2-4-11)10-5-7-13-8-6-10/h1-8H,12H2. The molecule has 0 aliphatic rings. The highest BCUT2D eigenvalue weighted by atomic mass is 14.6. The van der Waals surface area contributed by atoms with Gasteiger partial charge in [0, 0.05) is 12.4 Å². The van der Waals surface area contributed by atoms with Gasteiger partial charge in [-0.25, -0.2) is 0 Å². The number of rotatable bonds is 1. The Bertz CT molecular complexity index is 381. The van der Waals surface area contributed by atoms with Gasteiger partial charge in [-0.2, -0.15) is 0 Å². The molecule has 0 N–H and O–H groups in total. The Hall–Kier alpha value is -1.57. The summed E-state index contributed by atoms with van der Waals surface area (Å²) in [7, 11) is 2.09. The molecule has 0 saturated carbocycles. The Balaban J connectivity index is 2.42. The molecule has 2 heteroatoms. The summed E-state index contributed by atoms with van der Waals surface area (Å²) in [6, 6.07) is 12.5. The normalized spacial score (nSPS) is 9.85. The number of hydrogen-bond acceptors (Lipinski definition) is 1. The summed E-state index contributed by atoms with van der Waals surface area (Å²) in [5.74, 6) is 0. The molecule has 0 aliphatic heterocycles. The summed E-state index contributed by atoms with van der Waals surface area (Å²) in [6.07, 6.45) is 3.63. The molecule has 0 aliphatic carbocycles. The first-order valence-electron chi connectivity index (χ1n) is 4.33. The third-order valence-electron chi connectivity index (χ3n) is 2.07. The van der Waals surface area contributed by atoms with Crippen LogP contribution in [0.3, 0.4) is 0 Å². The van der Waals surface area contributed by atoms with E-state index in [1.54, 1.807) is 0 Å². The lowest BCUT2D eigenvalue weighted by atomic mass is 9.94. The van der Waals surface area contributed by atoms with Crippen LogP contribution in [0.5, 0.6) is 0 Å². The summed E-state index contributed by atoms with van der Waals surface area (Å²) in [5.41, 5.74) is 3.75. The van der Waals surface area contributed by atoms with Crippen LogP contribution in [-0.2, 0) is 0 Å². The van der Waals surface area contributed by atoms with Crippen LogP contribution in [-0.4, -0.2) is 12.8 Å². The molecule has 0 fully saturated rings. The molecule has 0 radical (unpaired) electrons. The monoisotopic (exact) mass is 167 g/mol. The largest absolute Gasteiger partial charge is 0.265 e. The number of pyridine rings is 1. The van der Waals surface area contributed by atoms with Crippen LogP contribution >= 0.6 is 0 Å². The quantitative estimate of drug-likeness (QED) is 0.577. The van der Waals surface area contributed by atoms with Crippen LogP contribution in [0.4, 0.5) is 0 Å². The summed E-state index contributed by atoms with van der Waals surface area (Å²) >= 11 is 0. The van der Waals surface area contributed by atoms with Gasteiger partial charge in [0.15, 0.2) is 0 Å². The van der Waals surface area contributed by atoms with Crippen molar-refractivity contribution < 1.29 is 0 Å². The molecular weight excluding hydrogens is 157 g/mol. The average Bonchev–Trinajstić information content (AvgIpc) is 2.20. The SMILES string of the molecule is Bc1ccc(-c2ccncc2)cc1. The first-order chi connectivity index (χ1) is 6.36. The molecule has 1 nitrogen and oxygen atoms in total. The van der Waals surface area contributed by atoms with Crippen LogP contribution in [0.2, 0.25) is 0 Å². The second-order valence-corrected chi connectivity index (χ2v) is 3.10. The van der Waals surface area contributed by atoms with Crippen molar-refractivity contribution in [3.8, 4) is 11.1 Å². The summed E-state index contributed by atoms with van der Waals surface area (Å²) in [6.45, 7) is 0. The zero-order valence-electron chi connectivity index (χ0n) is 7.57. The molecule has 1 aromatic carbocycles. The van der Waals surface area contributed by atoms with E-state index in [4.69, 9.17) is 0 Å². The van der Waals surface area contributed by atoms with Crippen molar-refractivity contribution in [3.63, 3.8) is 0 Å². The molecule has 1 heterocycles.